The highest BCUT2D eigenvalue weighted by Crippen LogP contribution is 2.13. The van der Waals surface area contributed by atoms with Crippen molar-refractivity contribution in [2.45, 2.75) is 43.9 Å². The minimum absolute atomic E-state index is 0.129. The van der Waals surface area contributed by atoms with Crippen molar-refractivity contribution in [3.8, 4) is 0 Å². The summed E-state index contributed by atoms with van der Waals surface area (Å²) in [5, 5.41) is 51.1. The van der Waals surface area contributed by atoms with Gasteiger partial charge >= 0.3 is 29.8 Å². The average Bonchev–Trinajstić information content (AvgIpc) is 2.73. The smallest absolute Gasteiger partial charge is 0.332 e. The number of anilines is 1. The summed E-state index contributed by atoms with van der Waals surface area (Å²) in [6, 6.07) is 1.81. The Morgan fingerprint density at radius 1 is 0.886 bits per heavy atom. The Labute approximate surface area is 200 Å². The minimum Gasteiger partial charge on any atom is -0.480 e. The summed E-state index contributed by atoms with van der Waals surface area (Å²) in [7, 11) is 0. The maximum absolute atomic E-state index is 11.8. The lowest BCUT2D eigenvalue weighted by molar-refractivity contribution is -0.151. The van der Waals surface area contributed by atoms with Gasteiger partial charge in [0.2, 0.25) is 6.04 Å². The Morgan fingerprint density at radius 2 is 1.40 bits per heavy atom. The van der Waals surface area contributed by atoms with Crippen molar-refractivity contribution >= 4 is 35.5 Å². The molecule has 0 aliphatic heterocycles. The van der Waals surface area contributed by atoms with Gasteiger partial charge in [-0.15, -0.1) is 0 Å². The molecule has 0 aliphatic carbocycles. The zero-order chi connectivity index (χ0) is 26.7. The number of carboxylic acid groups (broad SMARTS) is 5. The van der Waals surface area contributed by atoms with E-state index in [1.54, 1.807) is 24.3 Å². The molecule has 0 aromatic heterocycles. The van der Waals surface area contributed by atoms with Crippen LogP contribution in [0.2, 0.25) is 0 Å². The van der Waals surface area contributed by atoms with Crippen molar-refractivity contribution in [2.75, 3.05) is 25.4 Å². The fraction of sp³-hybridized carbons (Fsp3) is 0.476. The van der Waals surface area contributed by atoms with Gasteiger partial charge in [-0.2, -0.15) is 0 Å². The summed E-state index contributed by atoms with van der Waals surface area (Å²) in [5.74, 6) is -7.12. The molecule has 194 valence electrons. The zero-order valence-electron chi connectivity index (χ0n) is 19.0. The average molecular weight is 498 g/mol. The molecular weight excluding hydrogens is 468 g/mol. The Kier molecular flexibility index (Phi) is 11.6. The van der Waals surface area contributed by atoms with Gasteiger partial charge in [-0.3, -0.25) is 24.6 Å². The maximum Gasteiger partial charge on any atom is 0.332 e. The highest BCUT2D eigenvalue weighted by molar-refractivity contribution is 5.97. The molecule has 35 heavy (non-hydrogen) atoms. The first-order valence-electron chi connectivity index (χ1n) is 10.5. The van der Waals surface area contributed by atoms with Gasteiger partial charge in [0, 0.05) is 24.3 Å². The number of rotatable bonds is 17. The van der Waals surface area contributed by atoms with E-state index in [-0.39, 0.29) is 19.4 Å². The van der Waals surface area contributed by atoms with Crippen molar-refractivity contribution in [3.63, 3.8) is 0 Å². The summed E-state index contributed by atoms with van der Waals surface area (Å²) in [6.45, 7) is 0.0733. The van der Waals surface area contributed by atoms with Crippen LogP contribution in [0.3, 0.4) is 0 Å². The van der Waals surface area contributed by atoms with Crippen molar-refractivity contribution in [1.82, 2.24) is 15.5 Å². The molecule has 0 spiro atoms. The van der Waals surface area contributed by atoms with E-state index in [2.05, 4.69) is 10.6 Å². The fourth-order valence-corrected chi connectivity index (χ4v) is 3.42. The van der Waals surface area contributed by atoms with Gasteiger partial charge < -0.3 is 36.6 Å². The van der Waals surface area contributed by atoms with Gasteiger partial charge in [-0.05, 0) is 37.5 Å². The second-order valence-electron chi connectivity index (χ2n) is 8.00. The lowest BCUT2D eigenvalue weighted by atomic mass is 10.0. The molecule has 1 aromatic carbocycles. The summed E-state index contributed by atoms with van der Waals surface area (Å²) in [5.41, 5.74) is 6.87. The van der Waals surface area contributed by atoms with Crippen LogP contribution in [0, 0.1) is 0 Å². The van der Waals surface area contributed by atoms with Crippen molar-refractivity contribution < 1.29 is 49.5 Å². The van der Waals surface area contributed by atoms with E-state index in [1.807, 2.05) is 0 Å². The lowest BCUT2D eigenvalue weighted by Crippen LogP contribution is -2.53. The zero-order valence-corrected chi connectivity index (χ0v) is 19.0. The molecule has 9 N–H and O–H groups in total. The standard InChI is InChI=1S/C21H30N4O10/c1-11(24-18(20(32)33)21(34)35)6-15(19(30)31)23-8-14(7-12-2-4-13(22)5-3-12)25(9-16(26)27)10-17(28)29/h2-5,11,14-15,18,23-24H,6-10,22H2,1H3,(H,26,27)(H,28,29)(H,30,31)(H,32,33)(H,34,35). The van der Waals surface area contributed by atoms with Crippen molar-refractivity contribution in [1.29, 1.82) is 0 Å². The molecule has 0 saturated heterocycles. The molecular formula is C21H30N4O10. The van der Waals surface area contributed by atoms with Gasteiger partial charge in [0.05, 0.1) is 13.1 Å². The highest BCUT2D eigenvalue weighted by atomic mass is 16.4. The van der Waals surface area contributed by atoms with Crippen LogP contribution in [0.25, 0.3) is 0 Å². The number of carbonyl (C=O) groups is 5. The number of hydrogen-bond acceptors (Lipinski definition) is 9. The quantitative estimate of drug-likeness (QED) is 0.0910. The van der Waals surface area contributed by atoms with Gasteiger partial charge in [0.25, 0.3) is 0 Å². The minimum atomic E-state index is -1.93. The van der Waals surface area contributed by atoms with Crippen LogP contribution in [-0.2, 0) is 30.4 Å². The summed E-state index contributed by atoms with van der Waals surface area (Å²) < 4.78 is 0. The number of benzene rings is 1. The molecule has 0 fully saturated rings. The van der Waals surface area contributed by atoms with E-state index in [9.17, 15) is 39.3 Å². The van der Waals surface area contributed by atoms with Gasteiger partial charge in [0.1, 0.15) is 6.04 Å². The van der Waals surface area contributed by atoms with Crippen LogP contribution in [0.15, 0.2) is 24.3 Å². The molecule has 14 nitrogen and oxygen atoms in total. The Balaban J connectivity index is 3.04. The first kappa shape index (κ1) is 29.3. The van der Waals surface area contributed by atoms with Crippen LogP contribution in [0.4, 0.5) is 5.69 Å². The van der Waals surface area contributed by atoms with E-state index in [0.29, 0.717) is 11.3 Å². The van der Waals surface area contributed by atoms with Crippen molar-refractivity contribution in [2.24, 2.45) is 0 Å². The molecule has 0 amide bonds. The Bertz CT molecular complexity index is 878. The first-order valence-corrected chi connectivity index (χ1v) is 10.5. The second-order valence-corrected chi connectivity index (χ2v) is 8.00. The van der Waals surface area contributed by atoms with E-state index in [1.165, 1.54) is 11.8 Å². The summed E-state index contributed by atoms with van der Waals surface area (Å²) in [4.78, 5) is 57.8. The molecule has 14 heteroatoms. The molecule has 0 aliphatic rings. The summed E-state index contributed by atoms with van der Waals surface area (Å²) in [6.07, 6.45) is -0.0348. The van der Waals surface area contributed by atoms with Crippen LogP contribution in [-0.4, -0.2) is 104 Å². The molecule has 0 bridgehead atoms. The Hall–Kier alpha value is -3.75. The third-order valence-electron chi connectivity index (χ3n) is 5.08. The number of nitrogens with zero attached hydrogens (tertiary/aromatic N) is 1. The van der Waals surface area contributed by atoms with E-state index >= 15 is 0 Å². The molecule has 1 rings (SSSR count). The summed E-state index contributed by atoms with van der Waals surface area (Å²) >= 11 is 0. The number of hydrogen-bond donors (Lipinski definition) is 8. The number of aliphatic carboxylic acids is 5. The highest BCUT2D eigenvalue weighted by Gasteiger charge is 2.30. The van der Waals surface area contributed by atoms with E-state index in [0.717, 1.165) is 0 Å². The van der Waals surface area contributed by atoms with Crippen LogP contribution in [0.1, 0.15) is 18.9 Å². The van der Waals surface area contributed by atoms with Crippen LogP contribution >= 0.6 is 0 Å². The molecule has 3 atom stereocenters. The fourth-order valence-electron chi connectivity index (χ4n) is 3.42. The lowest BCUT2D eigenvalue weighted by Gasteiger charge is -2.31. The molecule has 1 aromatic rings. The topological polar surface area (TPSA) is 240 Å². The van der Waals surface area contributed by atoms with E-state index < -0.39 is 67.1 Å². The first-order chi connectivity index (χ1) is 16.3. The SMILES string of the molecule is CC(CC(NCC(Cc1ccc(N)cc1)N(CC(=O)O)CC(=O)O)C(=O)O)NC(C(=O)O)C(=O)O. The van der Waals surface area contributed by atoms with Gasteiger partial charge in [-0.1, -0.05) is 12.1 Å². The number of nitrogen functional groups attached to an aromatic ring is 1. The van der Waals surface area contributed by atoms with Gasteiger partial charge in [-0.25, -0.2) is 9.59 Å². The predicted octanol–water partition coefficient (Wildman–Crippen LogP) is -1.40. The number of nitrogens with two attached hydrogens (primary N) is 1. The van der Waals surface area contributed by atoms with Crippen molar-refractivity contribution in [3.05, 3.63) is 29.8 Å². The maximum atomic E-state index is 11.8. The number of nitrogens with one attached hydrogen (secondary N) is 2. The molecule has 0 radical (unpaired) electrons. The van der Waals surface area contributed by atoms with Crippen LogP contribution < -0.4 is 16.4 Å². The second kappa shape index (κ2) is 13.8. The largest absolute Gasteiger partial charge is 0.480 e. The monoisotopic (exact) mass is 498 g/mol. The normalized spacial score (nSPS) is 13.8. The third-order valence-corrected chi connectivity index (χ3v) is 5.08. The molecule has 3 unspecified atom stereocenters. The molecule has 0 heterocycles. The Morgan fingerprint density at radius 3 is 1.83 bits per heavy atom. The molecule has 0 saturated carbocycles. The van der Waals surface area contributed by atoms with Crippen LogP contribution in [0.5, 0.6) is 0 Å². The predicted molar refractivity (Wildman–Crippen MR) is 121 cm³/mol. The van der Waals surface area contributed by atoms with Gasteiger partial charge in [0.15, 0.2) is 0 Å². The third kappa shape index (κ3) is 10.8. The number of carboxylic acids is 5. The van der Waals surface area contributed by atoms with E-state index in [4.69, 9.17) is 15.9 Å².